The normalized spacial score (nSPS) is 10.5. The second-order valence-electron chi connectivity index (χ2n) is 5.24. The highest BCUT2D eigenvalue weighted by atomic mass is 16.5. The summed E-state index contributed by atoms with van der Waals surface area (Å²) < 4.78 is 5.85. The summed E-state index contributed by atoms with van der Waals surface area (Å²) in [6.07, 6.45) is 3.95. The Bertz CT molecular complexity index is 678. The first kappa shape index (κ1) is 14.4. The van der Waals surface area contributed by atoms with E-state index in [9.17, 15) is 0 Å². The van der Waals surface area contributed by atoms with Crippen LogP contribution >= 0.6 is 0 Å². The van der Waals surface area contributed by atoms with Crippen molar-refractivity contribution in [3.63, 3.8) is 0 Å². The van der Waals surface area contributed by atoms with Gasteiger partial charge in [-0.15, -0.1) is 0 Å². The van der Waals surface area contributed by atoms with Gasteiger partial charge in [0.2, 0.25) is 0 Å². The van der Waals surface area contributed by atoms with Gasteiger partial charge in [-0.25, -0.2) is 0 Å². The third-order valence-corrected chi connectivity index (χ3v) is 3.47. The molecule has 0 aliphatic heterocycles. The first-order valence-corrected chi connectivity index (χ1v) is 7.48. The smallest absolute Gasteiger partial charge is 0.120 e. The number of rotatable bonds is 7. The number of aromatic amines is 1. The van der Waals surface area contributed by atoms with Crippen LogP contribution in [0.3, 0.4) is 0 Å². The molecule has 112 valence electrons. The SMILES string of the molecule is c1ccc(COc2cccc(CNCc3cc[nH]c3)c2)cc1. The summed E-state index contributed by atoms with van der Waals surface area (Å²) in [5, 5.41) is 3.43. The predicted octanol–water partition coefficient (Wildman–Crippen LogP) is 3.88. The summed E-state index contributed by atoms with van der Waals surface area (Å²) in [4.78, 5) is 3.06. The first-order chi connectivity index (χ1) is 10.9. The van der Waals surface area contributed by atoms with Gasteiger partial charge < -0.3 is 15.0 Å². The Kier molecular flexibility index (Phi) is 4.90. The van der Waals surface area contributed by atoms with Crippen LogP contribution in [-0.4, -0.2) is 4.98 Å². The molecule has 2 N–H and O–H groups in total. The second kappa shape index (κ2) is 7.48. The van der Waals surface area contributed by atoms with Crippen molar-refractivity contribution in [2.24, 2.45) is 0 Å². The summed E-state index contributed by atoms with van der Waals surface area (Å²) in [5.74, 6) is 0.907. The molecule has 0 saturated heterocycles. The molecular formula is C19H20N2O. The lowest BCUT2D eigenvalue weighted by Crippen LogP contribution is -2.12. The van der Waals surface area contributed by atoms with Crippen LogP contribution in [0.1, 0.15) is 16.7 Å². The fraction of sp³-hybridized carbons (Fsp3) is 0.158. The second-order valence-corrected chi connectivity index (χ2v) is 5.24. The molecule has 22 heavy (non-hydrogen) atoms. The van der Waals surface area contributed by atoms with E-state index >= 15 is 0 Å². The van der Waals surface area contributed by atoms with E-state index in [-0.39, 0.29) is 0 Å². The molecule has 3 aromatic rings. The molecule has 2 aromatic carbocycles. The van der Waals surface area contributed by atoms with Crippen molar-refractivity contribution in [2.75, 3.05) is 0 Å². The molecule has 3 heteroatoms. The number of H-pyrrole nitrogens is 1. The zero-order valence-corrected chi connectivity index (χ0v) is 12.5. The van der Waals surface area contributed by atoms with Crippen molar-refractivity contribution in [3.05, 3.63) is 89.7 Å². The van der Waals surface area contributed by atoms with Crippen molar-refractivity contribution < 1.29 is 4.74 Å². The lowest BCUT2D eigenvalue weighted by molar-refractivity contribution is 0.306. The summed E-state index contributed by atoms with van der Waals surface area (Å²) in [5.41, 5.74) is 3.66. The zero-order valence-electron chi connectivity index (χ0n) is 12.5. The van der Waals surface area contributed by atoms with Gasteiger partial charge in [0.05, 0.1) is 0 Å². The quantitative estimate of drug-likeness (QED) is 0.693. The van der Waals surface area contributed by atoms with Crippen molar-refractivity contribution in [2.45, 2.75) is 19.7 Å². The maximum Gasteiger partial charge on any atom is 0.120 e. The monoisotopic (exact) mass is 292 g/mol. The fourth-order valence-corrected chi connectivity index (χ4v) is 2.31. The van der Waals surface area contributed by atoms with Gasteiger partial charge in [0, 0.05) is 25.5 Å². The van der Waals surface area contributed by atoms with Crippen LogP contribution in [0.15, 0.2) is 73.1 Å². The van der Waals surface area contributed by atoms with E-state index in [4.69, 9.17) is 4.74 Å². The van der Waals surface area contributed by atoms with E-state index < -0.39 is 0 Å². The molecular weight excluding hydrogens is 272 g/mol. The van der Waals surface area contributed by atoms with E-state index in [0.29, 0.717) is 6.61 Å². The Balaban J connectivity index is 1.51. The largest absolute Gasteiger partial charge is 0.489 e. The maximum absolute atomic E-state index is 5.85. The van der Waals surface area contributed by atoms with Gasteiger partial charge >= 0.3 is 0 Å². The van der Waals surface area contributed by atoms with Crippen molar-refractivity contribution in [1.29, 1.82) is 0 Å². The topological polar surface area (TPSA) is 37.0 Å². The van der Waals surface area contributed by atoms with Crippen LogP contribution in [0.4, 0.5) is 0 Å². The third-order valence-electron chi connectivity index (χ3n) is 3.47. The lowest BCUT2D eigenvalue weighted by atomic mass is 10.2. The molecule has 1 aromatic heterocycles. The van der Waals surface area contributed by atoms with Crippen LogP contribution in [-0.2, 0) is 19.7 Å². The number of benzene rings is 2. The Morgan fingerprint density at radius 2 is 1.64 bits per heavy atom. The standard InChI is InChI=1S/C19H20N2O/c1-2-5-16(6-3-1)15-22-19-8-4-7-17(11-19)12-21-14-18-9-10-20-13-18/h1-11,13,20-21H,12,14-15H2. The summed E-state index contributed by atoms with van der Waals surface area (Å²) in [6.45, 7) is 2.29. The molecule has 0 fully saturated rings. The summed E-state index contributed by atoms with van der Waals surface area (Å²) in [7, 11) is 0. The highest BCUT2D eigenvalue weighted by molar-refractivity contribution is 5.29. The van der Waals surface area contributed by atoms with E-state index in [2.05, 4.69) is 40.6 Å². The molecule has 3 rings (SSSR count). The van der Waals surface area contributed by atoms with Gasteiger partial charge in [-0.3, -0.25) is 0 Å². The molecule has 3 nitrogen and oxygen atoms in total. The molecule has 0 radical (unpaired) electrons. The molecule has 0 atom stereocenters. The highest BCUT2D eigenvalue weighted by Gasteiger charge is 1.99. The Morgan fingerprint density at radius 3 is 2.45 bits per heavy atom. The van der Waals surface area contributed by atoms with Gasteiger partial charge in [-0.2, -0.15) is 0 Å². The summed E-state index contributed by atoms with van der Waals surface area (Å²) >= 11 is 0. The average Bonchev–Trinajstić information content (AvgIpc) is 3.08. The number of hydrogen-bond acceptors (Lipinski definition) is 2. The molecule has 0 bridgehead atoms. The van der Waals surface area contributed by atoms with Crippen LogP contribution in [0.25, 0.3) is 0 Å². The van der Waals surface area contributed by atoms with Crippen molar-refractivity contribution >= 4 is 0 Å². The van der Waals surface area contributed by atoms with Crippen LogP contribution < -0.4 is 10.1 Å². The van der Waals surface area contributed by atoms with E-state index in [1.54, 1.807) is 0 Å². The fourth-order valence-electron chi connectivity index (χ4n) is 2.31. The zero-order chi connectivity index (χ0) is 15.0. The Labute approximate surface area is 131 Å². The molecule has 0 saturated carbocycles. The first-order valence-electron chi connectivity index (χ1n) is 7.48. The van der Waals surface area contributed by atoms with Gasteiger partial charge in [-0.05, 0) is 34.9 Å². The Hall–Kier alpha value is -2.52. The Morgan fingerprint density at radius 1 is 0.818 bits per heavy atom. The molecule has 1 heterocycles. The van der Waals surface area contributed by atoms with E-state index in [0.717, 1.165) is 18.8 Å². The summed E-state index contributed by atoms with van der Waals surface area (Å²) in [6, 6.07) is 20.5. The minimum atomic E-state index is 0.598. The number of aromatic nitrogens is 1. The number of ether oxygens (including phenoxy) is 1. The van der Waals surface area contributed by atoms with Gasteiger partial charge in [0.15, 0.2) is 0 Å². The van der Waals surface area contributed by atoms with Crippen LogP contribution in [0.2, 0.25) is 0 Å². The van der Waals surface area contributed by atoms with Crippen LogP contribution in [0, 0.1) is 0 Å². The predicted molar refractivity (Wildman–Crippen MR) is 88.6 cm³/mol. The number of hydrogen-bond donors (Lipinski definition) is 2. The van der Waals surface area contributed by atoms with Crippen molar-refractivity contribution in [3.8, 4) is 5.75 Å². The van der Waals surface area contributed by atoms with Crippen molar-refractivity contribution in [1.82, 2.24) is 10.3 Å². The van der Waals surface area contributed by atoms with Gasteiger partial charge in [0.25, 0.3) is 0 Å². The minimum Gasteiger partial charge on any atom is -0.489 e. The molecule has 0 amide bonds. The maximum atomic E-state index is 5.85. The van der Waals surface area contributed by atoms with Gasteiger partial charge in [-0.1, -0.05) is 42.5 Å². The van der Waals surface area contributed by atoms with Gasteiger partial charge in [0.1, 0.15) is 12.4 Å². The molecule has 0 unspecified atom stereocenters. The lowest BCUT2D eigenvalue weighted by Gasteiger charge is -2.09. The van der Waals surface area contributed by atoms with Crippen LogP contribution in [0.5, 0.6) is 5.75 Å². The van der Waals surface area contributed by atoms with E-state index in [1.807, 2.05) is 42.7 Å². The molecule has 0 aliphatic rings. The van der Waals surface area contributed by atoms with E-state index in [1.165, 1.54) is 16.7 Å². The highest BCUT2D eigenvalue weighted by Crippen LogP contribution is 2.15. The minimum absolute atomic E-state index is 0.598. The average molecular weight is 292 g/mol. The third kappa shape index (κ3) is 4.24. The molecule has 0 spiro atoms. The molecule has 0 aliphatic carbocycles. The number of nitrogens with one attached hydrogen (secondary N) is 2.